The molecule has 0 heterocycles. The molecule has 1 fully saturated rings. The van der Waals surface area contributed by atoms with Gasteiger partial charge in [0.05, 0.1) is 0 Å². The summed E-state index contributed by atoms with van der Waals surface area (Å²) in [5.74, 6) is 1.37. The molecular formula is C16H23Cl2N. The van der Waals surface area contributed by atoms with E-state index >= 15 is 0 Å². The summed E-state index contributed by atoms with van der Waals surface area (Å²) < 4.78 is 0. The zero-order chi connectivity index (χ0) is 13.8. The van der Waals surface area contributed by atoms with Crippen LogP contribution in [0.2, 0.25) is 10.0 Å². The van der Waals surface area contributed by atoms with Crippen LogP contribution in [0.4, 0.5) is 0 Å². The normalized spacial score (nSPS) is 16.9. The van der Waals surface area contributed by atoms with Gasteiger partial charge in [-0.15, -0.1) is 0 Å². The lowest BCUT2D eigenvalue weighted by atomic mass is 9.91. The standard InChI is InChI=1S/C16H23Cl2N/c1-11(2)7-12(10-19-15-5-6-15)8-13-3-4-14(17)9-16(13)18/h3-4,9,11-12,15,19H,5-8,10H2,1-2H3. The summed E-state index contributed by atoms with van der Waals surface area (Å²) in [7, 11) is 0. The molecule has 1 saturated carbocycles. The van der Waals surface area contributed by atoms with Gasteiger partial charge in [-0.05, 0) is 61.8 Å². The van der Waals surface area contributed by atoms with Crippen molar-refractivity contribution in [2.75, 3.05) is 6.54 Å². The van der Waals surface area contributed by atoms with Crippen molar-refractivity contribution < 1.29 is 0 Å². The van der Waals surface area contributed by atoms with Gasteiger partial charge in [0.25, 0.3) is 0 Å². The smallest absolute Gasteiger partial charge is 0.0452 e. The Kier molecular flexibility index (Phi) is 5.56. The molecular weight excluding hydrogens is 277 g/mol. The van der Waals surface area contributed by atoms with Crippen molar-refractivity contribution in [3.8, 4) is 0 Å². The zero-order valence-corrected chi connectivity index (χ0v) is 13.3. The van der Waals surface area contributed by atoms with Crippen molar-refractivity contribution in [1.29, 1.82) is 0 Å². The van der Waals surface area contributed by atoms with Gasteiger partial charge in [-0.2, -0.15) is 0 Å². The first-order valence-electron chi connectivity index (χ1n) is 7.22. The molecule has 1 aromatic carbocycles. The highest BCUT2D eigenvalue weighted by atomic mass is 35.5. The lowest BCUT2D eigenvalue weighted by molar-refractivity contribution is 0.384. The Bertz CT molecular complexity index is 413. The third-order valence-corrected chi connectivity index (χ3v) is 4.19. The molecule has 1 aromatic rings. The second kappa shape index (κ2) is 6.97. The average Bonchev–Trinajstić information content (AvgIpc) is 3.13. The van der Waals surface area contributed by atoms with E-state index in [1.807, 2.05) is 12.1 Å². The number of hydrogen-bond donors (Lipinski definition) is 1. The van der Waals surface area contributed by atoms with Gasteiger partial charge in [0.2, 0.25) is 0 Å². The maximum Gasteiger partial charge on any atom is 0.0452 e. The van der Waals surface area contributed by atoms with Crippen LogP contribution in [0.3, 0.4) is 0 Å². The molecule has 19 heavy (non-hydrogen) atoms. The lowest BCUT2D eigenvalue weighted by Crippen LogP contribution is -2.27. The van der Waals surface area contributed by atoms with Gasteiger partial charge in [0.1, 0.15) is 0 Å². The van der Waals surface area contributed by atoms with Crippen LogP contribution in [0, 0.1) is 11.8 Å². The van der Waals surface area contributed by atoms with Crippen LogP contribution in [0.5, 0.6) is 0 Å². The van der Waals surface area contributed by atoms with Crippen LogP contribution in [0.15, 0.2) is 18.2 Å². The van der Waals surface area contributed by atoms with Crippen molar-refractivity contribution in [3.05, 3.63) is 33.8 Å². The Hall–Kier alpha value is -0.240. The summed E-state index contributed by atoms with van der Waals surface area (Å²) in [6, 6.07) is 6.62. The molecule has 1 nitrogen and oxygen atoms in total. The second-order valence-corrected chi connectivity index (χ2v) is 6.96. The summed E-state index contributed by atoms with van der Waals surface area (Å²) in [6.45, 7) is 5.67. The molecule has 0 amide bonds. The molecule has 0 spiro atoms. The first-order chi connectivity index (χ1) is 9.04. The van der Waals surface area contributed by atoms with Crippen LogP contribution in [0.1, 0.15) is 38.7 Å². The molecule has 0 aliphatic heterocycles. The van der Waals surface area contributed by atoms with Crippen molar-refractivity contribution in [3.63, 3.8) is 0 Å². The fourth-order valence-corrected chi connectivity index (χ4v) is 3.01. The maximum atomic E-state index is 6.28. The fraction of sp³-hybridized carbons (Fsp3) is 0.625. The van der Waals surface area contributed by atoms with E-state index < -0.39 is 0 Å². The van der Waals surface area contributed by atoms with Gasteiger partial charge in [0.15, 0.2) is 0 Å². The zero-order valence-electron chi connectivity index (χ0n) is 11.8. The molecule has 2 rings (SSSR count). The number of hydrogen-bond acceptors (Lipinski definition) is 1. The van der Waals surface area contributed by atoms with Gasteiger partial charge in [-0.3, -0.25) is 0 Å². The van der Waals surface area contributed by atoms with Crippen LogP contribution in [-0.4, -0.2) is 12.6 Å². The fourth-order valence-electron chi connectivity index (χ4n) is 2.52. The lowest BCUT2D eigenvalue weighted by Gasteiger charge is -2.20. The number of nitrogens with one attached hydrogen (secondary N) is 1. The minimum absolute atomic E-state index is 0.652. The Morgan fingerprint density at radius 1 is 1.26 bits per heavy atom. The van der Waals surface area contributed by atoms with E-state index in [1.165, 1.54) is 24.8 Å². The highest BCUT2D eigenvalue weighted by Crippen LogP contribution is 2.26. The van der Waals surface area contributed by atoms with Crippen molar-refractivity contribution >= 4 is 23.2 Å². The quantitative estimate of drug-likeness (QED) is 0.751. The Morgan fingerprint density at radius 2 is 2.00 bits per heavy atom. The molecule has 1 unspecified atom stereocenters. The predicted octanol–water partition coefficient (Wildman–Crippen LogP) is 4.95. The molecule has 3 heteroatoms. The Labute approximate surface area is 126 Å². The topological polar surface area (TPSA) is 12.0 Å². The minimum atomic E-state index is 0.652. The molecule has 0 saturated heterocycles. The molecule has 0 radical (unpaired) electrons. The minimum Gasteiger partial charge on any atom is -0.314 e. The highest BCUT2D eigenvalue weighted by Gasteiger charge is 2.22. The van der Waals surface area contributed by atoms with E-state index in [2.05, 4.69) is 25.2 Å². The number of rotatable bonds is 7. The largest absolute Gasteiger partial charge is 0.314 e. The monoisotopic (exact) mass is 299 g/mol. The average molecular weight is 300 g/mol. The van der Waals surface area contributed by atoms with E-state index in [-0.39, 0.29) is 0 Å². The van der Waals surface area contributed by atoms with E-state index in [0.29, 0.717) is 10.9 Å². The SMILES string of the molecule is CC(C)CC(CNC1CC1)Cc1ccc(Cl)cc1Cl. The summed E-state index contributed by atoms with van der Waals surface area (Å²) >= 11 is 12.2. The van der Waals surface area contributed by atoms with Gasteiger partial charge in [-0.1, -0.05) is 43.1 Å². The van der Waals surface area contributed by atoms with Crippen LogP contribution < -0.4 is 5.32 Å². The molecule has 1 aliphatic carbocycles. The summed E-state index contributed by atoms with van der Waals surface area (Å²) in [5.41, 5.74) is 1.22. The van der Waals surface area contributed by atoms with Gasteiger partial charge in [-0.25, -0.2) is 0 Å². The Morgan fingerprint density at radius 3 is 2.58 bits per heavy atom. The van der Waals surface area contributed by atoms with E-state index in [0.717, 1.165) is 29.9 Å². The summed E-state index contributed by atoms with van der Waals surface area (Å²) in [6.07, 6.45) is 4.96. The first kappa shape index (κ1) is 15.2. The van der Waals surface area contributed by atoms with Gasteiger partial charge >= 0.3 is 0 Å². The third-order valence-electron chi connectivity index (χ3n) is 3.60. The molecule has 1 aliphatic rings. The van der Waals surface area contributed by atoms with E-state index in [9.17, 15) is 0 Å². The van der Waals surface area contributed by atoms with Crippen molar-refractivity contribution in [1.82, 2.24) is 5.32 Å². The van der Waals surface area contributed by atoms with Crippen molar-refractivity contribution in [2.24, 2.45) is 11.8 Å². The molecule has 0 bridgehead atoms. The van der Waals surface area contributed by atoms with Gasteiger partial charge < -0.3 is 5.32 Å². The maximum absolute atomic E-state index is 6.28. The summed E-state index contributed by atoms with van der Waals surface area (Å²) in [5, 5.41) is 5.16. The van der Waals surface area contributed by atoms with E-state index in [1.54, 1.807) is 0 Å². The number of halogens is 2. The molecule has 1 atom stereocenters. The first-order valence-corrected chi connectivity index (χ1v) is 7.97. The van der Waals surface area contributed by atoms with Crippen LogP contribution in [-0.2, 0) is 6.42 Å². The van der Waals surface area contributed by atoms with E-state index in [4.69, 9.17) is 23.2 Å². The Balaban J connectivity index is 1.96. The predicted molar refractivity (Wildman–Crippen MR) is 84.1 cm³/mol. The molecule has 0 aromatic heterocycles. The summed E-state index contributed by atoms with van der Waals surface area (Å²) in [4.78, 5) is 0. The molecule has 1 N–H and O–H groups in total. The number of benzene rings is 1. The van der Waals surface area contributed by atoms with Crippen LogP contribution in [0.25, 0.3) is 0 Å². The van der Waals surface area contributed by atoms with Crippen molar-refractivity contribution in [2.45, 2.75) is 45.6 Å². The van der Waals surface area contributed by atoms with Crippen LogP contribution >= 0.6 is 23.2 Å². The van der Waals surface area contributed by atoms with Gasteiger partial charge in [0, 0.05) is 16.1 Å². The second-order valence-electron chi connectivity index (χ2n) is 6.12. The molecule has 106 valence electrons. The third kappa shape index (κ3) is 5.33. The highest BCUT2D eigenvalue weighted by molar-refractivity contribution is 6.35.